The van der Waals surface area contributed by atoms with Gasteiger partial charge in [-0.05, 0) is 37.1 Å². The van der Waals surface area contributed by atoms with Crippen molar-refractivity contribution in [1.29, 1.82) is 0 Å². The minimum atomic E-state index is 0.0994. The molecule has 0 saturated carbocycles. The van der Waals surface area contributed by atoms with Crippen molar-refractivity contribution in [3.05, 3.63) is 48.7 Å². The Morgan fingerprint density at radius 2 is 1.96 bits per heavy atom. The lowest BCUT2D eigenvalue weighted by Crippen LogP contribution is -2.37. The van der Waals surface area contributed by atoms with E-state index in [9.17, 15) is 4.79 Å². The van der Waals surface area contributed by atoms with Crippen molar-refractivity contribution in [2.24, 2.45) is 0 Å². The Bertz CT molecular complexity index is 933. The Morgan fingerprint density at radius 3 is 2.63 bits per heavy atom. The first-order valence-corrected chi connectivity index (χ1v) is 9.09. The molecule has 0 unspecified atom stereocenters. The molecule has 1 aromatic carbocycles. The van der Waals surface area contributed by atoms with Gasteiger partial charge in [-0.15, -0.1) is 0 Å². The predicted octanol–water partition coefficient (Wildman–Crippen LogP) is 2.88. The number of nitrogens with one attached hydrogen (secondary N) is 1. The molecule has 4 rings (SSSR count). The van der Waals surface area contributed by atoms with E-state index in [0.717, 1.165) is 35.6 Å². The van der Waals surface area contributed by atoms with E-state index in [-0.39, 0.29) is 11.9 Å². The van der Waals surface area contributed by atoms with E-state index < -0.39 is 0 Å². The maximum absolute atomic E-state index is 12.4. The molecule has 8 heteroatoms. The SMILES string of the molecule is CCC(CC)N1C(=O)Cc2cnc(Nc3ccc(-n4cncn4)cc3)nc21. The fourth-order valence-electron chi connectivity index (χ4n) is 3.36. The van der Waals surface area contributed by atoms with Crippen molar-refractivity contribution in [3.63, 3.8) is 0 Å². The monoisotopic (exact) mass is 363 g/mol. The number of fused-ring (bicyclic) bond motifs is 1. The van der Waals surface area contributed by atoms with E-state index in [0.29, 0.717) is 12.4 Å². The van der Waals surface area contributed by atoms with Gasteiger partial charge in [-0.25, -0.2) is 14.6 Å². The predicted molar refractivity (Wildman–Crippen MR) is 102 cm³/mol. The second kappa shape index (κ2) is 7.14. The highest BCUT2D eigenvalue weighted by molar-refractivity contribution is 6.00. The van der Waals surface area contributed by atoms with E-state index in [1.807, 2.05) is 29.2 Å². The summed E-state index contributed by atoms with van der Waals surface area (Å²) in [7, 11) is 0. The van der Waals surface area contributed by atoms with Crippen LogP contribution >= 0.6 is 0 Å². The quantitative estimate of drug-likeness (QED) is 0.724. The Hall–Kier alpha value is -3.29. The molecule has 3 aromatic rings. The summed E-state index contributed by atoms with van der Waals surface area (Å²) in [6.45, 7) is 4.19. The molecule has 1 aliphatic heterocycles. The lowest BCUT2D eigenvalue weighted by atomic mass is 10.1. The summed E-state index contributed by atoms with van der Waals surface area (Å²) >= 11 is 0. The Balaban J connectivity index is 1.57. The Kier molecular flexibility index (Phi) is 4.53. The van der Waals surface area contributed by atoms with Crippen molar-refractivity contribution in [1.82, 2.24) is 24.7 Å². The molecular weight excluding hydrogens is 342 g/mol. The number of amides is 1. The largest absolute Gasteiger partial charge is 0.324 e. The van der Waals surface area contributed by atoms with Crippen molar-refractivity contribution >= 4 is 23.4 Å². The molecule has 0 radical (unpaired) electrons. The third kappa shape index (κ3) is 3.25. The average molecular weight is 363 g/mol. The van der Waals surface area contributed by atoms with Gasteiger partial charge in [0, 0.05) is 23.5 Å². The van der Waals surface area contributed by atoms with Crippen molar-refractivity contribution in [2.45, 2.75) is 39.2 Å². The van der Waals surface area contributed by atoms with Gasteiger partial charge in [0.05, 0.1) is 12.1 Å². The van der Waals surface area contributed by atoms with Crippen molar-refractivity contribution in [2.75, 3.05) is 10.2 Å². The first-order chi connectivity index (χ1) is 13.2. The molecule has 0 spiro atoms. The van der Waals surface area contributed by atoms with Crippen LogP contribution in [-0.4, -0.2) is 36.7 Å². The van der Waals surface area contributed by atoms with Crippen LogP contribution in [0.4, 0.5) is 17.5 Å². The fourth-order valence-corrected chi connectivity index (χ4v) is 3.36. The van der Waals surface area contributed by atoms with Crippen LogP contribution in [0.1, 0.15) is 32.3 Å². The molecule has 1 aliphatic rings. The van der Waals surface area contributed by atoms with Crippen molar-refractivity contribution in [3.8, 4) is 5.69 Å². The average Bonchev–Trinajstić information content (AvgIpc) is 3.32. The number of benzene rings is 1. The van der Waals surface area contributed by atoms with Crippen LogP contribution in [0.25, 0.3) is 5.69 Å². The van der Waals surface area contributed by atoms with Gasteiger partial charge in [-0.3, -0.25) is 9.69 Å². The number of hydrogen-bond acceptors (Lipinski definition) is 6. The normalized spacial score (nSPS) is 13.3. The highest BCUT2D eigenvalue weighted by atomic mass is 16.2. The molecule has 0 atom stereocenters. The number of anilines is 3. The topological polar surface area (TPSA) is 88.8 Å². The number of carbonyl (C=O) groups is 1. The van der Waals surface area contributed by atoms with Gasteiger partial charge in [-0.2, -0.15) is 10.1 Å². The maximum Gasteiger partial charge on any atom is 0.233 e. The zero-order chi connectivity index (χ0) is 18.8. The molecule has 27 heavy (non-hydrogen) atoms. The number of nitrogens with zero attached hydrogens (tertiary/aromatic N) is 6. The van der Waals surface area contributed by atoms with E-state index >= 15 is 0 Å². The highest BCUT2D eigenvalue weighted by Crippen LogP contribution is 2.31. The van der Waals surface area contributed by atoms with Gasteiger partial charge in [0.1, 0.15) is 18.5 Å². The second-order valence-electron chi connectivity index (χ2n) is 6.47. The first kappa shape index (κ1) is 17.1. The summed E-state index contributed by atoms with van der Waals surface area (Å²) in [6, 6.07) is 7.90. The van der Waals surface area contributed by atoms with Crippen LogP contribution in [0.3, 0.4) is 0 Å². The molecule has 2 aromatic heterocycles. The minimum absolute atomic E-state index is 0.0994. The third-order valence-electron chi connectivity index (χ3n) is 4.79. The maximum atomic E-state index is 12.4. The minimum Gasteiger partial charge on any atom is -0.324 e. The Labute approximate surface area is 157 Å². The van der Waals surface area contributed by atoms with E-state index in [2.05, 4.69) is 39.2 Å². The molecule has 1 amide bonds. The molecule has 0 bridgehead atoms. The summed E-state index contributed by atoms with van der Waals surface area (Å²) in [4.78, 5) is 27.2. The fraction of sp³-hybridized carbons (Fsp3) is 0.316. The van der Waals surface area contributed by atoms with E-state index in [1.165, 1.54) is 6.33 Å². The summed E-state index contributed by atoms with van der Waals surface area (Å²) in [5.74, 6) is 1.31. The van der Waals surface area contributed by atoms with Crippen LogP contribution in [-0.2, 0) is 11.2 Å². The smallest absolute Gasteiger partial charge is 0.233 e. The molecule has 3 heterocycles. The summed E-state index contributed by atoms with van der Waals surface area (Å²) in [5.41, 5.74) is 2.66. The van der Waals surface area contributed by atoms with Crippen LogP contribution in [0.2, 0.25) is 0 Å². The van der Waals surface area contributed by atoms with Crippen LogP contribution in [0.15, 0.2) is 43.1 Å². The lowest BCUT2D eigenvalue weighted by Gasteiger charge is -2.25. The third-order valence-corrected chi connectivity index (χ3v) is 4.79. The molecule has 0 fully saturated rings. The second-order valence-corrected chi connectivity index (χ2v) is 6.47. The number of rotatable bonds is 6. The lowest BCUT2D eigenvalue weighted by molar-refractivity contribution is -0.117. The highest BCUT2D eigenvalue weighted by Gasteiger charge is 2.33. The number of hydrogen-bond donors (Lipinski definition) is 1. The van der Waals surface area contributed by atoms with Gasteiger partial charge in [0.25, 0.3) is 0 Å². The summed E-state index contributed by atoms with van der Waals surface area (Å²) in [5, 5.41) is 7.32. The summed E-state index contributed by atoms with van der Waals surface area (Å²) in [6.07, 6.45) is 7.07. The van der Waals surface area contributed by atoms with Gasteiger partial charge in [0.15, 0.2) is 0 Å². The van der Waals surface area contributed by atoms with E-state index in [4.69, 9.17) is 0 Å². The standard InChI is InChI=1S/C19H21N7O/c1-3-15(4-2)26-17(27)9-13-10-21-19(24-18(13)26)23-14-5-7-16(8-6-14)25-12-20-11-22-25/h5-8,10-12,15H,3-4,9H2,1-2H3,(H,21,23,24). The van der Waals surface area contributed by atoms with Crippen LogP contribution in [0.5, 0.6) is 0 Å². The van der Waals surface area contributed by atoms with Crippen molar-refractivity contribution < 1.29 is 4.79 Å². The molecule has 0 saturated heterocycles. The Morgan fingerprint density at radius 1 is 1.19 bits per heavy atom. The summed E-state index contributed by atoms with van der Waals surface area (Å²) < 4.78 is 1.69. The molecule has 8 nitrogen and oxygen atoms in total. The van der Waals surface area contributed by atoms with Crippen LogP contribution in [0, 0.1) is 0 Å². The molecule has 0 aliphatic carbocycles. The molecular formula is C19H21N7O. The molecule has 138 valence electrons. The number of aromatic nitrogens is 5. The molecule has 1 N–H and O–H groups in total. The zero-order valence-electron chi connectivity index (χ0n) is 15.3. The number of carbonyl (C=O) groups excluding carboxylic acids is 1. The van der Waals surface area contributed by atoms with Gasteiger partial charge < -0.3 is 5.32 Å². The van der Waals surface area contributed by atoms with E-state index in [1.54, 1.807) is 17.2 Å². The zero-order valence-corrected chi connectivity index (χ0v) is 15.3. The van der Waals surface area contributed by atoms with Gasteiger partial charge in [0.2, 0.25) is 11.9 Å². The van der Waals surface area contributed by atoms with Gasteiger partial charge in [-0.1, -0.05) is 13.8 Å². The first-order valence-electron chi connectivity index (χ1n) is 9.09. The van der Waals surface area contributed by atoms with Gasteiger partial charge >= 0.3 is 0 Å². The van der Waals surface area contributed by atoms with Crippen LogP contribution < -0.4 is 10.2 Å².